The lowest BCUT2D eigenvalue weighted by Crippen LogP contribution is -1.56. The number of thioether (sulfide) groups is 1. The molecule has 0 bridgehead atoms. The van der Waals surface area contributed by atoms with E-state index in [0.717, 1.165) is 0 Å². The summed E-state index contributed by atoms with van der Waals surface area (Å²) < 4.78 is 0. The molecule has 50 valence electrons. The first kappa shape index (κ1) is 11.0. The van der Waals surface area contributed by atoms with Crippen molar-refractivity contribution < 1.29 is 0 Å². The summed E-state index contributed by atoms with van der Waals surface area (Å²) in [5, 5.41) is 0. The van der Waals surface area contributed by atoms with Crippen molar-refractivity contribution in [3.8, 4) is 0 Å². The molecule has 0 heterocycles. The normalized spacial score (nSPS) is 9.88. The highest BCUT2D eigenvalue weighted by Gasteiger charge is 1.73. The van der Waals surface area contributed by atoms with E-state index in [0.29, 0.717) is 0 Å². The number of allylic oxidation sites excluding steroid dienone is 2. The second kappa shape index (κ2) is 10.1. The van der Waals surface area contributed by atoms with Crippen LogP contribution in [0.25, 0.3) is 0 Å². The smallest absolute Gasteiger partial charge is 0.0140 e. The van der Waals surface area contributed by atoms with Crippen LogP contribution in [0, 0.1) is 0 Å². The van der Waals surface area contributed by atoms with Gasteiger partial charge in [0.15, 0.2) is 0 Å². The first-order valence-corrected chi connectivity index (χ1v) is 4.20. The molecule has 0 N–H and O–H groups in total. The molecule has 0 saturated carbocycles. The lowest BCUT2D eigenvalue weighted by molar-refractivity contribution is 1.50. The summed E-state index contributed by atoms with van der Waals surface area (Å²) in [6.07, 6.45) is 4.18. The van der Waals surface area contributed by atoms with E-state index < -0.39 is 0 Å². The van der Waals surface area contributed by atoms with E-state index in [-0.39, 0.29) is 0 Å². The fourth-order valence-electron chi connectivity index (χ4n) is 0.118. The van der Waals surface area contributed by atoms with Gasteiger partial charge in [0, 0.05) is 0 Å². The average molecular weight is 132 g/mol. The van der Waals surface area contributed by atoms with Crippen LogP contribution in [0.5, 0.6) is 0 Å². The van der Waals surface area contributed by atoms with Crippen LogP contribution in [0.4, 0.5) is 0 Å². The predicted octanol–water partition coefficient (Wildman–Crippen LogP) is 3.30. The third-order valence-electron chi connectivity index (χ3n) is 0.729. The quantitative estimate of drug-likeness (QED) is 0.527. The Morgan fingerprint density at radius 3 is 1.75 bits per heavy atom. The van der Waals surface area contributed by atoms with Crippen molar-refractivity contribution in [1.29, 1.82) is 0 Å². The van der Waals surface area contributed by atoms with Gasteiger partial charge in [-0.25, -0.2) is 0 Å². The Balaban J connectivity index is 0. The van der Waals surface area contributed by atoms with E-state index >= 15 is 0 Å². The summed E-state index contributed by atoms with van der Waals surface area (Å²) in [6, 6.07) is 0. The Morgan fingerprint density at radius 2 is 1.75 bits per heavy atom. The van der Waals surface area contributed by atoms with E-state index in [1.807, 2.05) is 20.8 Å². The fraction of sp³-hybridized carbons (Fsp3) is 0.714. The SMILES string of the molecule is C/C=C(/C)SC.CC. The van der Waals surface area contributed by atoms with Crippen LogP contribution in [0.1, 0.15) is 27.7 Å². The molecule has 0 saturated heterocycles. The van der Waals surface area contributed by atoms with Crippen molar-refractivity contribution >= 4 is 11.8 Å². The highest BCUT2D eigenvalue weighted by molar-refractivity contribution is 8.02. The molecule has 1 heteroatoms. The van der Waals surface area contributed by atoms with E-state index in [4.69, 9.17) is 0 Å². The van der Waals surface area contributed by atoms with Gasteiger partial charge in [-0.2, -0.15) is 0 Å². The highest BCUT2D eigenvalue weighted by atomic mass is 32.2. The predicted molar refractivity (Wildman–Crippen MR) is 44.3 cm³/mol. The molecular formula is C7H16S. The summed E-state index contributed by atoms with van der Waals surface area (Å²) in [4.78, 5) is 1.38. The Hall–Kier alpha value is 0.0900. The molecule has 0 aromatic heterocycles. The zero-order chi connectivity index (χ0) is 6.99. The number of hydrogen-bond donors (Lipinski definition) is 0. The fourth-order valence-corrected chi connectivity index (χ4v) is 0.354. The van der Waals surface area contributed by atoms with Gasteiger partial charge in [0.05, 0.1) is 0 Å². The Bertz CT molecular complexity index is 55.4. The van der Waals surface area contributed by atoms with Crippen molar-refractivity contribution in [2.45, 2.75) is 27.7 Å². The van der Waals surface area contributed by atoms with Gasteiger partial charge in [0.1, 0.15) is 0 Å². The molecule has 0 rings (SSSR count). The summed E-state index contributed by atoms with van der Waals surface area (Å²) in [5.41, 5.74) is 0. The van der Waals surface area contributed by atoms with Crippen LogP contribution < -0.4 is 0 Å². The third kappa shape index (κ3) is 9.43. The van der Waals surface area contributed by atoms with Crippen LogP contribution in [0.2, 0.25) is 0 Å². The van der Waals surface area contributed by atoms with E-state index in [2.05, 4.69) is 19.3 Å². The van der Waals surface area contributed by atoms with Gasteiger partial charge in [-0.05, 0) is 25.0 Å². The molecule has 0 atom stereocenters. The van der Waals surface area contributed by atoms with Crippen molar-refractivity contribution in [2.75, 3.05) is 6.26 Å². The Kier molecular flexibility index (Phi) is 13.9. The van der Waals surface area contributed by atoms with Gasteiger partial charge in [-0.3, -0.25) is 0 Å². The zero-order valence-electron chi connectivity index (χ0n) is 6.49. The lowest BCUT2D eigenvalue weighted by atomic mass is 10.6. The Morgan fingerprint density at radius 1 is 1.38 bits per heavy atom. The van der Waals surface area contributed by atoms with E-state index in [1.165, 1.54) is 4.91 Å². The molecule has 0 fully saturated rings. The van der Waals surface area contributed by atoms with Crippen LogP contribution in [-0.4, -0.2) is 6.26 Å². The van der Waals surface area contributed by atoms with Gasteiger partial charge < -0.3 is 0 Å². The maximum absolute atomic E-state index is 2.10. The van der Waals surface area contributed by atoms with Crippen molar-refractivity contribution in [2.24, 2.45) is 0 Å². The Labute approximate surface area is 57.4 Å². The molecule has 8 heavy (non-hydrogen) atoms. The van der Waals surface area contributed by atoms with Gasteiger partial charge >= 0.3 is 0 Å². The first-order valence-electron chi connectivity index (χ1n) is 2.98. The van der Waals surface area contributed by atoms with E-state index in [1.54, 1.807) is 11.8 Å². The van der Waals surface area contributed by atoms with Gasteiger partial charge in [0.25, 0.3) is 0 Å². The minimum atomic E-state index is 1.38. The second-order valence-electron chi connectivity index (χ2n) is 1.10. The monoisotopic (exact) mass is 132 g/mol. The van der Waals surface area contributed by atoms with Crippen LogP contribution in [0.3, 0.4) is 0 Å². The number of rotatable bonds is 1. The molecule has 0 aliphatic heterocycles. The van der Waals surface area contributed by atoms with E-state index in [9.17, 15) is 0 Å². The molecule has 0 unspecified atom stereocenters. The summed E-state index contributed by atoms with van der Waals surface area (Å²) in [7, 11) is 0. The molecule has 0 amide bonds. The van der Waals surface area contributed by atoms with Gasteiger partial charge in [0.2, 0.25) is 0 Å². The third-order valence-corrected chi connectivity index (χ3v) is 1.61. The first-order chi connectivity index (χ1) is 3.81. The van der Waals surface area contributed by atoms with Crippen molar-refractivity contribution in [1.82, 2.24) is 0 Å². The molecular weight excluding hydrogens is 116 g/mol. The van der Waals surface area contributed by atoms with Gasteiger partial charge in [-0.15, -0.1) is 11.8 Å². The minimum Gasteiger partial charge on any atom is -0.135 e. The highest BCUT2D eigenvalue weighted by Crippen LogP contribution is 2.07. The largest absolute Gasteiger partial charge is 0.135 e. The molecule has 0 nitrogen and oxygen atoms in total. The molecule has 0 aromatic carbocycles. The minimum absolute atomic E-state index is 1.38. The molecule has 0 radical (unpaired) electrons. The molecule has 0 aliphatic carbocycles. The van der Waals surface area contributed by atoms with Crippen molar-refractivity contribution in [3.05, 3.63) is 11.0 Å². The number of hydrogen-bond acceptors (Lipinski definition) is 1. The average Bonchev–Trinajstić information content (AvgIpc) is 1.91. The molecule has 0 spiro atoms. The van der Waals surface area contributed by atoms with Gasteiger partial charge in [-0.1, -0.05) is 19.9 Å². The summed E-state index contributed by atoms with van der Waals surface area (Å²) in [5.74, 6) is 0. The maximum atomic E-state index is 2.10. The summed E-state index contributed by atoms with van der Waals surface area (Å²) in [6.45, 7) is 8.15. The second-order valence-corrected chi connectivity index (χ2v) is 2.16. The summed E-state index contributed by atoms with van der Waals surface area (Å²) >= 11 is 1.79. The molecule has 0 aliphatic rings. The maximum Gasteiger partial charge on any atom is -0.0140 e. The van der Waals surface area contributed by atoms with Crippen LogP contribution in [0.15, 0.2) is 11.0 Å². The topological polar surface area (TPSA) is 0 Å². The zero-order valence-corrected chi connectivity index (χ0v) is 7.30. The van der Waals surface area contributed by atoms with Crippen molar-refractivity contribution in [3.63, 3.8) is 0 Å². The standard InChI is InChI=1S/C5H10S.C2H6/c1-4-5(2)6-3;1-2/h4H,1-3H3;1-2H3/b5-4-;. The lowest BCUT2D eigenvalue weighted by Gasteiger charge is -1.84. The molecule has 0 aromatic rings. The van der Waals surface area contributed by atoms with Crippen LogP contribution in [-0.2, 0) is 0 Å². The van der Waals surface area contributed by atoms with Crippen LogP contribution >= 0.6 is 11.8 Å².